The number of carbonyl (C=O) groups is 2. The summed E-state index contributed by atoms with van der Waals surface area (Å²) in [5.41, 5.74) is 0.326. The quantitative estimate of drug-likeness (QED) is 0.500. The molecule has 1 aromatic carbocycles. The van der Waals surface area contributed by atoms with Gasteiger partial charge in [0.25, 0.3) is 0 Å². The maximum atomic E-state index is 12.2. The smallest absolute Gasteiger partial charge is 0.308 e. The minimum atomic E-state index is -0.550. The molecule has 6 heteroatoms. The fourth-order valence-corrected chi connectivity index (χ4v) is 2.28. The van der Waals surface area contributed by atoms with Gasteiger partial charge in [-0.3, -0.25) is 9.59 Å². The van der Waals surface area contributed by atoms with Gasteiger partial charge in [-0.1, -0.05) is 30.3 Å². The average Bonchev–Trinajstić information content (AvgIpc) is 2.53. The number of ether oxygens (including phenoxy) is 2. The molecule has 140 valence electrons. The van der Waals surface area contributed by atoms with E-state index in [4.69, 9.17) is 9.47 Å². The molecular weight excluding hydrogens is 320 g/mol. The van der Waals surface area contributed by atoms with Crippen LogP contribution in [-0.2, 0) is 19.1 Å². The molecule has 0 aromatic heterocycles. The summed E-state index contributed by atoms with van der Waals surface area (Å²) in [6, 6.07) is 9.03. The summed E-state index contributed by atoms with van der Waals surface area (Å²) in [5.74, 6) is -0.496. The first-order valence-corrected chi connectivity index (χ1v) is 8.57. The second-order valence-electron chi connectivity index (χ2n) is 6.84. The van der Waals surface area contributed by atoms with Crippen LogP contribution in [0, 0.1) is 0 Å². The zero-order valence-electron chi connectivity index (χ0n) is 15.6. The number of amides is 1. The molecule has 0 aliphatic heterocycles. The van der Waals surface area contributed by atoms with Crippen molar-refractivity contribution in [3.63, 3.8) is 0 Å². The van der Waals surface area contributed by atoms with E-state index in [1.54, 1.807) is 7.11 Å². The van der Waals surface area contributed by atoms with Crippen molar-refractivity contribution in [3.8, 4) is 0 Å². The van der Waals surface area contributed by atoms with E-state index < -0.39 is 11.6 Å². The maximum Gasteiger partial charge on any atom is 0.308 e. The van der Waals surface area contributed by atoms with Crippen LogP contribution in [0.1, 0.15) is 45.2 Å². The predicted molar refractivity (Wildman–Crippen MR) is 97.2 cm³/mol. The van der Waals surface area contributed by atoms with E-state index in [1.807, 2.05) is 51.1 Å². The average molecular weight is 350 g/mol. The number of esters is 1. The van der Waals surface area contributed by atoms with Crippen LogP contribution in [0.15, 0.2) is 30.3 Å². The van der Waals surface area contributed by atoms with E-state index in [9.17, 15) is 9.59 Å². The largest absolute Gasteiger partial charge is 0.460 e. The molecular formula is C19H30N2O4. The molecule has 0 saturated heterocycles. The fraction of sp³-hybridized carbons (Fsp3) is 0.579. The molecule has 1 aromatic rings. The van der Waals surface area contributed by atoms with Crippen LogP contribution < -0.4 is 10.6 Å². The monoisotopic (exact) mass is 350 g/mol. The Labute approximate surface area is 150 Å². The Bertz CT molecular complexity index is 526. The van der Waals surface area contributed by atoms with Crippen molar-refractivity contribution >= 4 is 11.9 Å². The zero-order chi connectivity index (χ0) is 18.7. The highest BCUT2D eigenvalue weighted by Crippen LogP contribution is 2.19. The van der Waals surface area contributed by atoms with Gasteiger partial charge in [-0.15, -0.1) is 0 Å². The Morgan fingerprint density at radius 2 is 1.84 bits per heavy atom. The van der Waals surface area contributed by atoms with E-state index in [0.717, 1.165) is 12.0 Å². The highest BCUT2D eigenvalue weighted by atomic mass is 16.6. The third-order valence-corrected chi connectivity index (χ3v) is 3.32. The SMILES string of the molecule is COCCCNCC(=O)N[C@@H](CC(=O)OC(C)(C)C)c1ccccc1. The number of hydrogen-bond acceptors (Lipinski definition) is 5. The van der Waals surface area contributed by atoms with Gasteiger partial charge in [0.2, 0.25) is 5.91 Å². The highest BCUT2D eigenvalue weighted by Gasteiger charge is 2.22. The van der Waals surface area contributed by atoms with Crippen molar-refractivity contribution in [1.29, 1.82) is 0 Å². The second-order valence-corrected chi connectivity index (χ2v) is 6.84. The molecule has 0 spiro atoms. The van der Waals surface area contributed by atoms with Gasteiger partial charge in [0, 0.05) is 13.7 Å². The van der Waals surface area contributed by atoms with E-state index in [-0.39, 0.29) is 24.8 Å². The van der Waals surface area contributed by atoms with Crippen LogP contribution in [0.5, 0.6) is 0 Å². The van der Waals surface area contributed by atoms with Gasteiger partial charge in [0.1, 0.15) is 5.60 Å². The summed E-state index contributed by atoms with van der Waals surface area (Å²) >= 11 is 0. The van der Waals surface area contributed by atoms with Gasteiger partial charge in [-0.2, -0.15) is 0 Å². The van der Waals surface area contributed by atoms with Crippen LogP contribution in [-0.4, -0.2) is 44.3 Å². The van der Waals surface area contributed by atoms with Gasteiger partial charge in [-0.05, 0) is 39.3 Å². The zero-order valence-corrected chi connectivity index (χ0v) is 15.6. The summed E-state index contributed by atoms with van der Waals surface area (Å²) in [6.45, 7) is 7.02. The summed E-state index contributed by atoms with van der Waals surface area (Å²) in [4.78, 5) is 24.3. The van der Waals surface area contributed by atoms with E-state index in [0.29, 0.717) is 13.2 Å². The van der Waals surface area contributed by atoms with Crippen molar-refractivity contribution in [2.45, 2.75) is 45.3 Å². The van der Waals surface area contributed by atoms with Crippen LogP contribution in [0.4, 0.5) is 0 Å². The molecule has 0 unspecified atom stereocenters. The molecule has 6 nitrogen and oxygen atoms in total. The van der Waals surface area contributed by atoms with Crippen LogP contribution in [0.2, 0.25) is 0 Å². The molecule has 2 N–H and O–H groups in total. The number of hydrogen-bond donors (Lipinski definition) is 2. The second kappa shape index (κ2) is 10.8. The molecule has 1 atom stereocenters. The number of nitrogens with one attached hydrogen (secondary N) is 2. The highest BCUT2D eigenvalue weighted by molar-refractivity contribution is 5.79. The third kappa shape index (κ3) is 9.84. The third-order valence-electron chi connectivity index (χ3n) is 3.32. The standard InChI is InChI=1S/C19H30N2O4/c1-19(2,3)25-18(23)13-16(15-9-6-5-7-10-15)21-17(22)14-20-11-8-12-24-4/h5-7,9-10,16,20H,8,11-14H2,1-4H3,(H,21,22)/t16-/m0/s1. The lowest BCUT2D eigenvalue weighted by atomic mass is 10.0. The number of methoxy groups -OCH3 is 1. The van der Waals surface area contributed by atoms with Gasteiger partial charge in [0.15, 0.2) is 0 Å². The van der Waals surface area contributed by atoms with Crippen LogP contribution in [0.3, 0.4) is 0 Å². The lowest BCUT2D eigenvalue weighted by Crippen LogP contribution is -2.38. The van der Waals surface area contributed by atoms with Crippen molar-refractivity contribution in [3.05, 3.63) is 35.9 Å². The van der Waals surface area contributed by atoms with Gasteiger partial charge >= 0.3 is 5.97 Å². The first-order valence-electron chi connectivity index (χ1n) is 8.57. The van der Waals surface area contributed by atoms with Crippen molar-refractivity contribution in [2.24, 2.45) is 0 Å². The van der Waals surface area contributed by atoms with Gasteiger partial charge < -0.3 is 20.1 Å². The van der Waals surface area contributed by atoms with Gasteiger partial charge in [0.05, 0.1) is 19.0 Å². The van der Waals surface area contributed by atoms with E-state index >= 15 is 0 Å². The predicted octanol–water partition coefficient (Wildman–Crippen LogP) is 2.20. The Kier molecular flexibility index (Phi) is 9.16. The van der Waals surface area contributed by atoms with Gasteiger partial charge in [-0.25, -0.2) is 0 Å². The first kappa shape index (κ1) is 21.1. The molecule has 0 aliphatic carbocycles. The minimum absolute atomic E-state index is 0.0939. The molecule has 25 heavy (non-hydrogen) atoms. The van der Waals surface area contributed by atoms with Crippen molar-refractivity contribution in [2.75, 3.05) is 26.8 Å². The molecule has 0 aliphatic rings. The normalized spacial score (nSPS) is 12.5. The summed E-state index contributed by atoms with van der Waals surface area (Å²) < 4.78 is 10.3. The lowest BCUT2D eigenvalue weighted by molar-refractivity contribution is -0.155. The van der Waals surface area contributed by atoms with Crippen LogP contribution >= 0.6 is 0 Å². The van der Waals surface area contributed by atoms with E-state index in [2.05, 4.69) is 10.6 Å². The molecule has 1 rings (SSSR count). The molecule has 0 saturated carbocycles. The number of carbonyl (C=O) groups excluding carboxylic acids is 2. The lowest BCUT2D eigenvalue weighted by Gasteiger charge is -2.23. The summed E-state index contributed by atoms with van der Waals surface area (Å²) in [6.07, 6.45) is 0.931. The molecule has 0 heterocycles. The molecule has 0 fully saturated rings. The van der Waals surface area contributed by atoms with E-state index in [1.165, 1.54) is 0 Å². The topological polar surface area (TPSA) is 76.7 Å². The minimum Gasteiger partial charge on any atom is -0.460 e. The Morgan fingerprint density at radius 1 is 1.16 bits per heavy atom. The molecule has 0 bridgehead atoms. The summed E-state index contributed by atoms with van der Waals surface area (Å²) in [7, 11) is 1.65. The first-order chi connectivity index (χ1) is 11.8. The fourth-order valence-electron chi connectivity index (χ4n) is 2.28. The van der Waals surface area contributed by atoms with Crippen molar-refractivity contribution < 1.29 is 19.1 Å². The van der Waals surface area contributed by atoms with Crippen LogP contribution in [0.25, 0.3) is 0 Å². The molecule has 1 amide bonds. The Balaban J connectivity index is 2.60. The summed E-state index contributed by atoms with van der Waals surface area (Å²) in [5, 5.41) is 5.97. The number of benzene rings is 1. The molecule has 0 radical (unpaired) electrons. The Hall–Kier alpha value is -1.92. The Morgan fingerprint density at radius 3 is 2.44 bits per heavy atom. The van der Waals surface area contributed by atoms with Crippen molar-refractivity contribution in [1.82, 2.24) is 10.6 Å². The maximum absolute atomic E-state index is 12.2. The number of rotatable bonds is 10.